The molecule has 282 valence electrons. The topological polar surface area (TPSA) is 169 Å². The Morgan fingerprint density at radius 1 is 1.06 bits per heavy atom. The van der Waals surface area contributed by atoms with Crippen molar-refractivity contribution in [3.8, 4) is 0 Å². The molecule has 2 heterocycles. The number of rotatable bonds is 9. The van der Waals surface area contributed by atoms with Crippen LogP contribution in [0.2, 0.25) is 0 Å². The Kier molecular flexibility index (Phi) is 16.3. The van der Waals surface area contributed by atoms with E-state index < -0.39 is 72.2 Å². The van der Waals surface area contributed by atoms with Crippen LogP contribution >= 0.6 is 0 Å². The maximum absolute atomic E-state index is 13.5. The first-order valence-corrected chi connectivity index (χ1v) is 17.5. The average molecular weight is 705 g/mol. The van der Waals surface area contributed by atoms with Gasteiger partial charge in [0.05, 0.1) is 18.3 Å². The van der Waals surface area contributed by atoms with E-state index in [4.69, 9.17) is 24.1 Å². The van der Waals surface area contributed by atoms with Crippen LogP contribution in [0.1, 0.15) is 82.1 Å². The van der Waals surface area contributed by atoms with E-state index >= 15 is 0 Å². The summed E-state index contributed by atoms with van der Waals surface area (Å²) in [5.74, 6) is -7.15. The molecule has 1 saturated heterocycles. The predicted molar refractivity (Wildman–Crippen MR) is 189 cm³/mol. The molecule has 0 amide bonds. The number of hydrogen-bond donors (Lipinski definition) is 4. The summed E-state index contributed by atoms with van der Waals surface area (Å²) < 4.78 is 23.8. The number of aliphatic hydroxyl groups excluding tert-OH is 2. The largest absolute Gasteiger partial charge is 0.478 e. The average Bonchev–Trinajstić information content (AvgIpc) is 3.04. The van der Waals surface area contributed by atoms with E-state index in [0.29, 0.717) is 18.1 Å². The van der Waals surface area contributed by atoms with Crippen LogP contribution in [0.15, 0.2) is 59.3 Å². The van der Waals surface area contributed by atoms with Crippen LogP contribution in [-0.2, 0) is 33.3 Å². The smallest absolute Gasteiger partial charge is 0.334 e. The highest BCUT2D eigenvalue weighted by Gasteiger charge is 2.53. The lowest BCUT2D eigenvalue weighted by molar-refractivity contribution is -0.329. The second-order valence-corrected chi connectivity index (χ2v) is 14.8. The number of aliphatic carboxylic acids is 1. The van der Waals surface area contributed by atoms with Gasteiger partial charge in [-0.3, -0.25) is 0 Å². The molecule has 0 aliphatic carbocycles. The second-order valence-electron chi connectivity index (χ2n) is 14.8. The lowest BCUT2D eigenvalue weighted by Crippen LogP contribution is -2.59. The molecule has 0 bridgehead atoms. The van der Waals surface area contributed by atoms with Crippen molar-refractivity contribution in [2.24, 2.45) is 35.5 Å². The number of methoxy groups -OCH3 is 1. The monoisotopic (exact) mass is 704 g/mol. The van der Waals surface area contributed by atoms with Gasteiger partial charge in [0, 0.05) is 54.9 Å². The molecule has 0 aromatic rings. The third kappa shape index (κ3) is 11.7. The third-order valence-electron chi connectivity index (χ3n) is 10.1. The van der Waals surface area contributed by atoms with Gasteiger partial charge >= 0.3 is 17.9 Å². The van der Waals surface area contributed by atoms with Gasteiger partial charge in [-0.1, -0.05) is 83.9 Å². The summed E-state index contributed by atoms with van der Waals surface area (Å²) in [5.41, 5.74) is 2.14. The molecule has 12 atom stereocenters. The highest BCUT2D eigenvalue weighted by Crippen LogP contribution is 2.42. The summed E-state index contributed by atoms with van der Waals surface area (Å²) in [6, 6.07) is 0. The van der Waals surface area contributed by atoms with Crippen molar-refractivity contribution in [1.29, 1.82) is 0 Å². The van der Waals surface area contributed by atoms with Gasteiger partial charge in [-0.15, -0.1) is 0 Å². The van der Waals surface area contributed by atoms with Gasteiger partial charge in [0.25, 0.3) is 0 Å². The van der Waals surface area contributed by atoms with Crippen LogP contribution in [-0.4, -0.2) is 87.9 Å². The molecule has 11 nitrogen and oxygen atoms in total. The molecule has 50 heavy (non-hydrogen) atoms. The molecule has 0 aromatic carbocycles. The van der Waals surface area contributed by atoms with Crippen molar-refractivity contribution in [1.82, 2.24) is 0 Å². The lowest BCUT2D eigenvalue weighted by atomic mass is 9.76. The molecular formula is C39H60O11. The van der Waals surface area contributed by atoms with Crippen molar-refractivity contribution >= 4 is 17.9 Å². The van der Waals surface area contributed by atoms with E-state index in [1.54, 1.807) is 39.0 Å². The summed E-state index contributed by atoms with van der Waals surface area (Å²) in [4.78, 5) is 36.9. The van der Waals surface area contributed by atoms with Gasteiger partial charge in [0.15, 0.2) is 5.79 Å². The quantitative estimate of drug-likeness (QED) is 0.182. The number of hydrogen-bond acceptors (Lipinski definition) is 10. The molecule has 2 rings (SSSR count). The molecule has 2 aliphatic rings. The first-order valence-electron chi connectivity index (χ1n) is 17.5. The highest BCUT2D eigenvalue weighted by molar-refractivity contribution is 5.90. The highest BCUT2D eigenvalue weighted by atomic mass is 16.6. The Hall–Kier alpha value is -3.09. The summed E-state index contributed by atoms with van der Waals surface area (Å²) in [6.45, 7) is 18.4. The molecule has 0 aromatic heterocycles. The van der Waals surface area contributed by atoms with Crippen molar-refractivity contribution in [2.75, 3.05) is 7.11 Å². The Morgan fingerprint density at radius 3 is 2.28 bits per heavy atom. The molecular weight excluding hydrogens is 644 g/mol. The number of allylic oxidation sites excluding steroid dienone is 5. The van der Waals surface area contributed by atoms with Gasteiger partial charge < -0.3 is 39.4 Å². The Labute approximate surface area is 297 Å². The van der Waals surface area contributed by atoms with E-state index in [1.165, 1.54) is 7.11 Å². The summed E-state index contributed by atoms with van der Waals surface area (Å²) >= 11 is 0. The lowest BCUT2D eigenvalue weighted by Gasteiger charge is -2.50. The number of carboxylic acids is 1. The predicted octanol–water partition coefficient (Wildman–Crippen LogP) is 5.30. The normalized spacial score (nSPS) is 33.9. The van der Waals surface area contributed by atoms with Gasteiger partial charge in [0.2, 0.25) is 0 Å². The fourth-order valence-corrected chi connectivity index (χ4v) is 7.02. The number of carbonyl (C=O) groups is 3. The Morgan fingerprint density at radius 2 is 1.70 bits per heavy atom. The number of cyclic esters (lactones) is 1. The zero-order valence-electron chi connectivity index (χ0n) is 31.5. The minimum atomic E-state index is -1.97. The molecule has 0 radical (unpaired) electrons. The van der Waals surface area contributed by atoms with Crippen LogP contribution < -0.4 is 0 Å². The Bertz CT molecular complexity index is 1330. The SMILES string of the molecule is CO[C@H]1C=CC=C(C)C[C@H](C)[C@H](O)[C@H](C)C=C(C)C=C(C)C(=O)O[C@@H]1[C@@H](C)[C@@H](O)[C@H](C)[C@@]1(O)C[C@@H](OC(=O)/C=C/C(=O)O)[C@H](C)[C@@H](C(C)C)O1. The molecule has 1 fully saturated rings. The number of aliphatic hydroxyl groups is 3. The minimum absolute atomic E-state index is 0.0142. The zero-order valence-corrected chi connectivity index (χ0v) is 31.5. The van der Waals surface area contributed by atoms with E-state index in [-0.39, 0.29) is 30.1 Å². The van der Waals surface area contributed by atoms with Gasteiger partial charge in [-0.05, 0) is 45.1 Å². The van der Waals surface area contributed by atoms with Crippen molar-refractivity contribution < 1.29 is 53.8 Å². The fourth-order valence-electron chi connectivity index (χ4n) is 7.02. The van der Waals surface area contributed by atoms with E-state index in [0.717, 1.165) is 17.2 Å². The van der Waals surface area contributed by atoms with Crippen LogP contribution in [0.3, 0.4) is 0 Å². The number of ether oxygens (including phenoxy) is 4. The third-order valence-corrected chi connectivity index (χ3v) is 10.1. The Balaban J connectivity index is 2.51. The van der Waals surface area contributed by atoms with Crippen molar-refractivity contribution in [3.63, 3.8) is 0 Å². The number of carboxylic acid groups (broad SMARTS) is 1. The standard InChI is InChI=1S/C39H60O11/c1-21(2)36-27(8)31(48-33(42)16-15-32(40)41)20-39(46,50-36)29(10)35(44)28(9)37-30(47-11)14-12-13-22(3)17-24(5)34(43)25(6)18-23(4)19-26(7)38(45)49-37/h12-16,18-19,21,24-25,27-31,34-37,43-44,46H,17,20H2,1-11H3,(H,40,41)/b14-12?,16-15+,22-13?,23-18?,26-19?/t24-,25+,27-,28-,29-,30-,31+,34-,35+,36+,37+,39+/m0/s1. The molecule has 4 N–H and O–H groups in total. The van der Waals surface area contributed by atoms with E-state index in [9.17, 15) is 29.7 Å². The second kappa shape index (κ2) is 18.9. The maximum Gasteiger partial charge on any atom is 0.334 e. The molecule has 0 spiro atoms. The van der Waals surface area contributed by atoms with Crippen molar-refractivity contribution in [2.45, 2.75) is 124 Å². The first-order chi connectivity index (χ1) is 23.2. The summed E-state index contributed by atoms with van der Waals surface area (Å²) in [7, 11) is 1.48. The van der Waals surface area contributed by atoms with Crippen LogP contribution in [0.25, 0.3) is 0 Å². The summed E-state index contributed by atoms with van der Waals surface area (Å²) in [5, 5.41) is 43.7. The fraction of sp³-hybridized carbons (Fsp3) is 0.667. The van der Waals surface area contributed by atoms with Crippen LogP contribution in [0.5, 0.6) is 0 Å². The number of esters is 2. The van der Waals surface area contributed by atoms with Gasteiger partial charge in [-0.2, -0.15) is 0 Å². The maximum atomic E-state index is 13.5. The van der Waals surface area contributed by atoms with E-state index in [1.807, 2.05) is 60.6 Å². The van der Waals surface area contributed by atoms with Gasteiger partial charge in [0.1, 0.15) is 18.3 Å². The molecule has 11 heteroatoms. The summed E-state index contributed by atoms with van der Waals surface area (Å²) in [6.07, 6.45) is 5.98. The van der Waals surface area contributed by atoms with Crippen LogP contribution in [0, 0.1) is 35.5 Å². The zero-order chi connectivity index (χ0) is 38.1. The molecule has 2 aliphatic heterocycles. The first kappa shape index (κ1) is 43.1. The minimum Gasteiger partial charge on any atom is -0.478 e. The molecule has 0 unspecified atom stereocenters. The van der Waals surface area contributed by atoms with Crippen LogP contribution in [0.4, 0.5) is 0 Å². The van der Waals surface area contributed by atoms with E-state index in [2.05, 4.69) is 0 Å². The number of carbonyl (C=O) groups excluding carboxylic acids is 2. The molecule has 0 saturated carbocycles. The van der Waals surface area contributed by atoms with Gasteiger partial charge in [-0.25, -0.2) is 14.4 Å². The van der Waals surface area contributed by atoms with Crippen molar-refractivity contribution in [3.05, 3.63) is 59.3 Å².